The molecular formula is C20H17N5O2S. The molecule has 0 radical (unpaired) electrons. The van der Waals surface area contributed by atoms with Gasteiger partial charge in [-0.2, -0.15) is 9.97 Å². The Balaban J connectivity index is 1.48. The summed E-state index contributed by atoms with van der Waals surface area (Å²) < 4.78 is 11.1. The number of hydrogen-bond acceptors (Lipinski definition) is 8. The fraction of sp³-hybridized carbons (Fsp3) is 0.150. The van der Waals surface area contributed by atoms with Gasteiger partial charge in [0.25, 0.3) is 5.89 Å². The summed E-state index contributed by atoms with van der Waals surface area (Å²) in [6, 6.07) is 13.5. The van der Waals surface area contributed by atoms with Gasteiger partial charge in [0, 0.05) is 40.2 Å². The number of pyridine rings is 1. The highest BCUT2D eigenvalue weighted by Gasteiger charge is 2.11. The third-order valence-electron chi connectivity index (χ3n) is 3.93. The second-order valence-electron chi connectivity index (χ2n) is 5.94. The monoisotopic (exact) mass is 391 g/mol. The maximum absolute atomic E-state index is 5.75. The van der Waals surface area contributed by atoms with E-state index in [2.05, 4.69) is 25.1 Å². The van der Waals surface area contributed by atoms with E-state index in [9.17, 15) is 0 Å². The lowest BCUT2D eigenvalue weighted by molar-refractivity contribution is 0.235. The van der Waals surface area contributed by atoms with Crippen molar-refractivity contribution in [1.82, 2.24) is 25.1 Å². The molecule has 0 aliphatic heterocycles. The molecule has 1 aromatic carbocycles. The van der Waals surface area contributed by atoms with E-state index < -0.39 is 0 Å². The molecule has 0 saturated carbocycles. The number of benzene rings is 1. The number of aryl methyl sites for hydroxylation is 1. The Hall–Kier alpha value is -3.26. The van der Waals surface area contributed by atoms with Gasteiger partial charge in [-0.05, 0) is 49.6 Å². The van der Waals surface area contributed by atoms with E-state index in [1.165, 1.54) is 4.90 Å². The summed E-state index contributed by atoms with van der Waals surface area (Å²) >= 11 is 1.68. The van der Waals surface area contributed by atoms with Gasteiger partial charge in [-0.1, -0.05) is 5.16 Å². The highest BCUT2D eigenvalue weighted by Crippen LogP contribution is 2.22. The molecule has 28 heavy (non-hydrogen) atoms. The third kappa shape index (κ3) is 4.17. The second kappa shape index (κ2) is 8.18. The van der Waals surface area contributed by atoms with Crippen molar-refractivity contribution in [3.8, 4) is 28.7 Å². The normalized spacial score (nSPS) is 10.8. The summed E-state index contributed by atoms with van der Waals surface area (Å²) in [5.41, 5.74) is 2.57. The molecule has 0 aliphatic rings. The largest absolute Gasteiger partial charge is 0.467 e. The first-order chi connectivity index (χ1) is 13.7. The predicted octanol–water partition coefficient (Wildman–Crippen LogP) is 4.20. The molecule has 4 aromatic rings. The van der Waals surface area contributed by atoms with Crippen LogP contribution < -0.4 is 4.74 Å². The van der Waals surface area contributed by atoms with E-state index in [0.717, 1.165) is 16.8 Å². The number of nitrogens with zero attached hydrogens (tertiary/aromatic N) is 5. The van der Waals surface area contributed by atoms with Gasteiger partial charge in [0.15, 0.2) is 12.4 Å². The average molecular weight is 391 g/mol. The van der Waals surface area contributed by atoms with Gasteiger partial charge >= 0.3 is 0 Å². The Morgan fingerprint density at radius 3 is 2.43 bits per heavy atom. The maximum atomic E-state index is 5.75. The van der Waals surface area contributed by atoms with Crippen molar-refractivity contribution in [2.24, 2.45) is 0 Å². The van der Waals surface area contributed by atoms with Crippen LogP contribution in [0.4, 0.5) is 0 Å². The van der Waals surface area contributed by atoms with Crippen molar-refractivity contribution in [1.29, 1.82) is 0 Å². The first-order valence-electron chi connectivity index (χ1n) is 8.57. The van der Waals surface area contributed by atoms with Crippen molar-refractivity contribution in [3.63, 3.8) is 0 Å². The fourth-order valence-electron chi connectivity index (χ4n) is 2.55. The van der Waals surface area contributed by atoms with E-state index >= 15 is 0 Å². The van der Waals surface area contributed by atoms with E-state index in [-0.39, 0.29) is 6.61 Å². The van der Waals surface area contributed by atoms with Crippen molar-refractivity contribution < 1.29 is 9.26 Å². The van der Waals surface area contributed by atoms with Crippen LogP contribution in [0.5, 0.6) is 5.88 Å². The van der Waals surface area contributed by atoms with Crippen LogP contribution in [0.2, 0.25) is 0 Å². The van der Waals surface area contributed by atoms with E-state index in [1.54, 1.807) is 30.2 Å². The Morgan fingerprint density at radius 2 is 1.68 bits per heavy atom. The van der Waals surface area contributed by atoms with Crippen LogP contribution in [0, 0.1) is 6.92 Å². The van der Waals surface area contributed by atoms with Gasteiger partial charge < -0.3 is 9.26 Å². The summed E-state index contributed by atoms with van der Waals surface area (Å²) in [6.45, 7) is 2.02. The molecule has 0 amide bonds. The fourth-order valence-corrected chi connectivity index (χ4v) is 2.96. The number of aromatic nitrogens is 5. The van der Waals surface area contributed by atoms with Crippen molar-refractivity contribution in [3.05, 3.63) is 66.4 Å². The quantitative estimate of drug-likeness (QED) is 0.452. The van der Waals surface area contributed by atoms with Crippen LogP contribution in [0.1, 0.15) is 11.6 Å². The highest BCUT2D eigenvalue weighted by atomic mass is 32.2. The van der Waals surface area contributed by atoms with E-state index in [4.69, 9.17) is 9.26 Å². The summed E-state index contributed by atoms with van der Waals surface area (Å²) in [5, 5.41) is 4.02. The van der Waals surface area contributed by atoms with Crippen LogP contribution in [-0.4, -0.2) is 31.3 Å². The molecule has 0 spiro atoms. The molecule has 0 bridgehead atoms. The topological polar surface area (TPSA) is 86.8 Å². The number of ether oxygens (including phenoxy) is 1. The highest BCUT2D eigenvalue weighted by molar-refractivity contribution is 7.98. The minimum absolute atomic E-state index is 0.127. The second-order valence-corrected chi connectivity index (χ2v) is 6.82. The zero-order valence-electron chi connectivity index (χ0n) is 15.4. The molecule has 0 aliphatic carbocycles. The summed E-state index contributed by atoms with van der Waals surface area (Å²) in [5.74, 6) is 1.94. The lowest BCUT2D eigenvalue weighted by Crippen LogP contribution is -2.01. The Labute approximate surface area is 166 Å². The molecule has 0 unspecified atom stereocenters. The van der Waals surface area contributed by atoms with Crippen LogP contribution in [0.25, 0.3) is 22.8 Å². The summed E-state index contributed by atoms with van der Waals surface area (Å²) in [7, 11) is 0. The molecule has 0 fully saturated rings. The van der Waals surface area contributed by atoms with Gasteiger partial charge in [0.05, 0.1) is 0 Å². The standard InChI is InChI=1S/C20H17N5O2S/c1-13-11-17(23-19(22-13)15-7-9-21-10-8-15)26-12-18-24-20(25-27-18)14-3-5-16(28-2)6-4-14/h3-11H,12H2,1-2H3. The summed E-state index contributed by atoms with van der Waals surface area (Å²) in [4.78, 5) is 18.5. The molecular weight excluding hydrogens is 374 g/mol. The molecule has 3 aromatic heterocycles. The minimum Gasteiger partial charge on any atom is -0.467 e. The summed E-state index contributed by atoms with van der Waals surface area (Å²) in [6.07, 6.45) is 5.44. The van der Waals surface area contributed by atoms with E-state index in [0.29, 0.717) is 23.4 Å². The minimum atomic E-state index is 0.127. The molecule has 0 atom stereocenters. The van der Waals surface area contributed by atoms with Crippen LogP contribution in [-0.2, 0) is 6.61 Å². The van der Waals surface area contributed by atoms with Crippen molar-refractivity contribution in [2.75, 3.05) is 6.26 Å². The van der Waals surface area contributed by atoms with Crippen molar-refractivity contribution in [2.45, 2.75) is 18.4 Å². The Bertz CT molecular complexity index is 1070. The molecule has 8 heteroatoms. The van der Waals surface area contributed by atoms with Gasteiger partial charge in [0.1, 0.15) is 0 Å². The van der Waals surface area contributed by atoms with Crippen molar-refractivity contribution >= 4 is 11.8 Å². The maximum Gasteiger partial charge on any atom is 0.264 e. The lowest BCUT2D eigenvalue weighted by Gasteiger charge is -2.06. The van der Waals surface area contributed by atoms with Crippen LogP contribution in [0.15, 0.2) is 64.3 Å². The van der Waals surface area contributed by atoms with Gasteiger partial charge in [-0.25, -0.2) is 4.98 Å². The van der Waals surface area contributed by atoms with Gasteiger partial charge in [-0.15, -0.1) is 11.8 Å². The lowest BCUT2D eigenvalue weighted by atomic mass is 10.2. The molecule has 140 valence electrons. The van der Waals surface area contributed by atoms with Crippen LogP contribution >= 0.6 is 11.8 Å². The number of hydrogen-bond donors (Lipinski definition) is 0. The average Bonchev–Trinajstić information content (AvgIpc) is 3.22. The zero-order valence-corrected chi connectivity index (χ0v) is 16.2. The van der Waals surface area contributed by atoms with Gasteiger partial charge in [0.2, 0.25) is 11.7 Å². The zero-order chi connectivity index (χ0) is 19.3. The Morgan fingerprint density at radius 1 is 0.929 bits per heavy atom. The molecule has 7 nitrogen and oxygen atoms in total. The number of rotatable bonds is 6. The number of thioether (sulfide) groups is 1. The first-order valence-corrected chi connectivity index (χ1v) is 9.79. The molecule has 0 saturated heterocycles. The SMILES string of the molecule is CSc1ccc(-c2noc(COc3cc(C)nc(-c4ccncc4)n3)n2)cc1. The van der Waals surface area contributed by atoms with Crippen LogP contribution in [0.3, 0.4) is 0 Å². The smallest absolute Gasteiger partial charge is 0.264 e. The first kappa shape index (κ1) is 18.1. The van der Waals surface area contributed by atoms with E-state index in [1.807, 2.05) is 49.6 Å². The Kier molecular flexibility index (Phi) is 5.29. The molecule has 4 rings (SSSR count). The van der Waals surface area contributed by atoms with Gasteiger partial charge in [-0.3, -0.25) is 4.98 Å². The predicted molar refractivity (Wildman–Crippen MR) is 106 cm³/mol. The molecule has 0 N–H and O–H groups in total. The molecule has 3 heterocycles. The third-order valence-corrected chi connectivity index (χ3v) is 4.67.